The number of phenols is 1. The third-order valence-corrected chi connectivity index (χ3v) is 3.02. The minimum absolute atomic E-state index is 0.458. The Morgan fingerprint density at radius 3 is 2.50 bits per heavy atom. The predicted octanol–water partition coefficient (Wildman–Crippen LogP) is 3.11. The van der Waals surface area contributed by atoms with E-state index in [4.69, 9.17) is 5.73 Å². The number of nitrogens with two attached hydrogens (primary N) is 1. The molecule has 0 bridgehead atoms. The van der Waals surface area contributed by atoms with Crippen molar-refractivity contribution in [1.29, 1.82) is 0 Å². The van der Waals surface area contributed by atoms with Crippen molar-refractivity contribution in [3.05, 3.63) is 28.8 Å². The lowest BCUT2D eigenvalue weighted by atomic mass is 9.91. The summed E-state index contributed by atoms with van der Waals surface area (Å²) in [6, 6.07) is 4.13. The smallest absolute Gasteiger partial charge is 0.121 e. The maximum atomic E-state index is 10.1. The molecule has 2 heteroatoms. The van der Waals surface area contributed by atoms with Gasteiger partial charge in [-0.05, 0) is 55.3 Å². The first-order valence-corrected chi connectivity index (χ1v) is 6.09. The summed E-state index contributed by atoms with van der Waals surface area (Å²) < 4.78 is 0. The highest BCUT2D eigenvalue weighted by Crippen LogP contribution is 2.31. The third-order valence-electron chi connectivity index (χ3n) is 3.02. The van der Waals surface area contributed by atoms with E-state index >= 15 is 0 Å². The number of benzene rings is 1. The molecule has 0 saturated heterocycles. The molecule has 0 spiro atoms. The Balaban J connectivity index is 2.96. The van der Waals surface area contributed by atoms with Crippen LogP contribution in [-0.2, 0) is 6.42 Å². The second kappa shape index (κ2) is 5.90. The second-order valence-corrected chi connectivity index (χ2v) is 4.70. The molecule has 0 aromatic heterocycles. The fourth-order valence-corrected chi connectivity index (χ4v) is 2.02. The van der Waals surface area contributed by atoms with E-state index in [1.54, 1.807) is 0 Å². The van der Waals surface area contributed by atoms with Crippen molar-refractivity contribution in [2.45, 2.75) is 46.0 Å². The van der Waals surface area contributed by atoms with Gasteiger partial charge in [0, 0.05) is 0 Å². The minimum Gasteiger partial charge on any atom is -0.507 e. The van der Waals surface area contributed by atoms with E-state index in [0.717, 1.165) is 36.9 Å². The molecule has 2 nitrogen and oxygen atoms in total. The van der Waals surface area contributed by atoms with Gasteiger partial charge in [0.25, 0.3) is 0 Å². The summed E-state index contributed by atoms with van der Waals surface area (Å²) in [4.78, 5) is 0. The van der Waals surface area contributed by atoms with Crippen molar-refractivity contribution in [2.24, 2.45) is 5.73 Å². The molecule has 3 N–H and O–H groups in total. The molecule has 0 aliphatic carbocycles. The first kappa shape index (κ1) is 13.0. The molecule has 0 amide bonds. The molecule has 1 rings (SSSR count). The lowest BCUT2D eigenvalue weighted by Crippen LogP contribution is -2.02. The van der Waals surface area contributed by atoms with Gasteiger partial charge in [-0.15, -0.1) is 0 Å². The van der Waals surface area contributed by atoms with Gasteiger partial charge in [-0.2, -0.15) is 0 Å². The number of aromatic hydroxyl groups is 1. The molecule has 0 heterocycles. The lowest BCUT2D eigenvalue weighted by Gasteiger charge is -2.16. The van der Waals surface area contributed by atoms with Crippen molar-refractivity contribution in [3.63, 3.8) is 0 Å². The lowest BCUT2D eigenvalue weighted by molar-refractivity contribution is 0.460. The maximum absolute atomic E-state index is 10.1. The summed E-state index contributed by atoms with van der Waals surface area (Å²) in [5.74, 6) is 0.933. The number of phenolic OH excluding ortho intramolecular Hbond substituents is 1. The average Bonchev–Trinajstić information content (AvgIpc) is 2.24. The predicted molar refractivity (Wildman–Crippen MR) is 68.9 cm³/mol. The van der Waals surface area contributed by atoms with Gasteiger partial charge in [0.05, 0.1) is 0 Å². The summed E-state index contributed by atoms with van der Waals surface area (Å²) in [5.41, 5.74) is 8.84. The average molecular weight is 221 g/mol. The van der Waals surface area contributed by atoms with Crippen molar-refractivity contribution in [3.8, 4) is 5.75 Å². The number of unbranched alkanes of at least 4 members (excludes halogenated alkanes) is 1. The van der Waals surface area contributed by atoms with Gasteiger partial charge in [-0.1, -0.05) is 26.0 Å². The number of hydrogen-bond acceptors (Lipinski definition) is 2. The van der Waals surface area contributed by atoms with Gasteiger partial charge in [-0.25, -0.2) is 0 Å². The Hall–Kier alpha value is -1.02. The fraction of sp³-hybridized carbons (Fsp3) is 0.571. The highest BCUT2D eigenvalue weighted by molar-refractivity contribution is 5.46. The van der Waals surface area contributed by atoms with Crippen LogP contribution in [0.15, 0.2) is 12.1 Å². The molecule has 16 heavy (non-hydrogen) atoms. The van der Waals surface area contributed by atoms with Crippen LogP contribution in [-0.4, -0.2) is 11.7 Å². The Kier molecular flexibility index (Phi) is 4.81. The fourth-order valence-electron chi connectivity index (χ4n) is 2.02. The zero-order chi connectivity index (χ0) is 12.1. The largest absolute Gasteiger partial charge is 0.507 e. The molecule has 0 unspecified atom stereocenters. The molecule has 0 atom stereocenters. The molecular formula is C14H23NO. The standard InChI is InChI=1S/C14H23NO/c1-10(2)12-8-7-11(3)14(16)13(12)6-4-5-9-15/h7-8,10,16H,4-6,9,15H2,1-3H3. The van der Waals surface area contributed by atoms with Gasteiger partial charge in [0.1, 0.15) is 5.75 Å². The van der Waals surface area contributed by atoms with E-state index in [-0.39, 0.29) is 0 Å². The van der Waals surface area contributed by atoms with Gasteiger partial charge in [-0.3, -0.25) is 0 Å². The van der Waals surface area contributed by atoms with Crippen molar-refractivity contribution >= 4 is 0 Å². The summed E-state index contributed by atoms with van der Waals surface area (Å²) in [7, 11) is 0. The van der Waals surface area contributed by atoms with Crippen LogP contribution in [0.25, 0.3) is 0 Å². The topological polar surface area (TPSA) is 46.2 Å². The van der Waals surface area contributed by atoms with E-state index in [2.05, 4.69) is 19.9 Å². The van der Waals surface area contributed by atoms with Crippen LogP contribution < -0.4 is 5.73 Å². The van der Waals surface area contributed by atoms with E-state index in [1.165, 1.54) is 5.56 Å². The molecule has 0 aliphatic heterocycles. The Labute approximate surface area is 98.5 Å². The normalized spacial score (nSPS) is 11.1. The van der Waals surface area contributed by atoms with Crippen LogP contribution in [0, 0.1) is 6.92 Å². The Morgan fingerprint density at radius 2 is 1.94 bits per heavy atom. The zero-order valence-corrected chi connectivity index (χ0v) is 10.6. The SMILES string of the molecule is Cc1ccc(C(C)C)c(CCCCN)c1O. The third kappa shape index (κ3) is 2.99. The molecule has 0 saturated carbocycles. The quantitative estimate of drug-likeness (QED) is 0.750. The van der Waals surface area contributed by atoms with Crippen LogP contribution in [0.1, 0.15) is 49.3 Å². The Bertz CT molecular complexity index is 345. The molecular weight excluding hydrogens is 198 g/mol. The molecule has 0 radical (unpaired) electrons. The molecule has 0 aliphatic rings. The zero-order valence-electron chi connectivity index (χ0n) is 10.6. The van der Waals surface area contributed by atoms with Gasteiger partial charge < -0.3 is 10.8 Å². The summed E-state index contributed by atoms with van der Waals surface area (Å²) >= 11 is 0. The van der Waals surface area contributed by atoms with Gasteiger partial charge in [0.2, 0.25) is 0 Å². The monoisotopic (exact) mass is 221 g/mol. The van der Waals surface area contributed by atoms with E-state index in [1.807, 2.05) is 13.0 Å². The molecule has 0 fully saturated rings. The van der Waals surface area contributed by atoms with Crippen LogP contribution >= 0.6 is 0 Å². The van der Waals surface area contributed by atoms with Crippen LogP contribution in [0.3, 0.4) is 0 Å². The minimum atomic E-state index is 0.458. The molecule has 1 aromatic rings. The number of rotatable bonds is 5. The van der Waals surface area contributed by atoms with E-state index < -0.39 is 0 Å². The first-order chi connectivity index (χ1) is 7.57. The van der Waals surface area contributed by atoms with Crippen LogP contribution in [0.2, 0.25) is 0 Å². The van der Waals surface area contributed by atoms with Crippen molar-refractivity contribution in [1.82, 2.24) is 0 Å². The highest BCUT2D eigenvalue weighted by atomic mass is 16.3. The van der Waals surface area contributed by atoms with Crippen molar-refractivity contribution in [2.75, 3.05) is 6.54 Å². The number of aryl methyl sites for hydroxylation is 1. The molecule has 90 valence electrons. The summed E-state index contributed by atoms with van der Waals surface area (Å²) in [5, 5.41) is 10.1. The Morgan fingerprint density at radius 1 is 1.25 bits per heavy atom. The van der Waals surface area contributed by atoms with Crippen LogP contribution in [0.5, 0.6) is 5.75 Å². The van der Waals surface area contributed by atoms with Gasteiger partial charge >= 0.3 is 0 Å². The molecule has 1 aromatic carbocycles. The summed E-state index contributed by atoms with van der Waals surface area (Å²) in [6.07, 6.45) is 3.00. The van der Waals surface area contributed by atoms with Crippen LogP contribution in [0.4, 0.5) is 0 Å². The summed E-state index contributed by atoms with van der Waals surface area (Å²) in [6.45, 7) is 7.00. The van der Waals surface area contributed by atoms with Crippen molar-refractivity contribution < 1.29 is 5.11 Å². The highest BCUT2D eigenvalue weighted by Gasteiger charge is 2.12. The van der Waals surface area contributed by atoms with Gasteiger partial charge in [0.15, 0.2) is 0 Å². The number of hydrogen-bond donors (Lipinski definition) is 2. The van der Waals surface area contributed by atoms with E-state index in [9.17, 15) is 5.11 Å². The maximum Gasteiger partial charge on any atom is 0.121 e. The van der Waals surface area contributed by atoms with E-state index in [0.29, 0.717) is 11.7 Å². The first-order valence-electron chi connectivity index (χ1n) is 6.09. The second-order valence-electron chi connectivity index (χ2n) is 4.70.